The van der Waals surface area contributed by atoms with Crippen LogP contribution in [0.1, 0.15) is 27.3 Å². The zero-order chi connectivity index (χ0) is 14.0. The van der Waals surface area contributed by atoms with Gasteiger partial charge in [-0.15, -0.1) is 0 Å². The summed E-state index contributed by atoms with van der Waals surface area (Å²) in [5.74, 6) is -0.633. The SMILES string of the molecule is Cn1ccc(C(=O)CC(=O)c2ccc(Cl)c(Cl)c2)n1. The maximum Gasteiger partial charge on any atom is 0.190 e. The molecule has 98 valence electrons. The molecule has 2 aromatic rings. The molecule has 0 aliphatic carbocycles. The van der Waals surface area contributed by atoms with Crippen LogP contribution in [0.3, 0.4) is 0 Å². The van der Waals surface area contributed by atoms with Crippen molar-refractivity contribution in [3.8, 4) is 0 Å². The number of hydrogen-bond donors (Lipinski definition) is 0. The molecular weight excluding hydrogens is 287 g/mol. The summed E-state index contributed by atoms with van der Waals surface area (Å²) in [6.45, 7) is 0. The van der Waals surface area contributed by atoms with Gasteiger partial charge in [0.25, 0.3) is 0 Å². The third kappa shape index (κ3) is 3.22. The van der Waals surface area contributed by atoms with Crippen molar-refractivity contribution in [3.63, 3.8) is 0 Å². The van der Waals surface area contributed by atoms with Crippen molar-refractivity contribution < 1.29 is 9.59 Å². The second kappa shape index (κ2) is 5.55. The molecule has 0 aliphatic rings. The fourth-order valence-corrected chi connectivity index (χ4v) is 1.87. The first-order valence-electron chi connectivity index (χ1n) is 5.48. The zero-order valence-electron chi connectivity index (χ0n) is 10.1. The Balaban J connectivity index is 2.12. The van der Waals surface area contributed by atoms with Crippen molar-refractivity contribution in [3.05, 3.63) is 51.8 Å². The van der Waals surface area contributed by atoms with Gasteiger partial charge in [-0.2, -0.15) is 5.10 Å². The summed E-state index contributed by atoms with van der Waals surface area (Å²) in [4.78, 5) is 23.8. The molecule has 0 aliphatic heterocycles. The topological polar surface area (TPSA) is 52.0 Å². The van der Waals surface area contributed by atoms with Gasteiger partial charge in [-0.05, 0) is 24.3 Å². The zero-order valence-corrected chi connectivity index (χ0v) is 11.6. The maximum atomic E-state index is 11.9. The van der Waals surface area contributed by atoms with Gasteiger partial charge in [-0.25, -0.2) is 0 Å². The lowest BCUT2D eigenvalue weighted by Crippen LogP contribution is -2.09. The largest absolute Gasteiger partial charge is 0.294 e. The van der Waals surface area contributed by atoms with Crippen molar-refractivity contribution in [2.75, 3.05) is 0 Å². The van der Waals surface area contributed by atoms with E-state index >= 15 is 0 Å². The van der Waals surface area contributed by atoms with Gasteiger partial charge < -0.3 is 0 Å². The average Bonchev–Trinajstić information content (AvgIpc) is 2.79. The van der Waals surface area contributed by atoms with Crippen LogP contribution in [-0.2, 0) is 7.05 Å². The molecule has 0 bridgehead atoms. The highest BCUT2D eigenvalue weighted by molar-refractivity contribution is 6.42. The Morgan fingerprint density at radius 1 is 1.16 bits per heavy atom. The van der Waals surface area contributed by atoms with E-state index < -0.39 is 0 Å². The van der Waals surface area contributed by atoms with Crippen LogP contribution < -0.4 is 0 Å². The molecule has 0 saturated heterocycles. The van der Waals surface area contributed by atoms with Crippen LogP contribution in [-0.4, -0.2) is 21.3 Å². The lowest BCUT2D eigenvalue weighted by molar-refractivity contribution is 0.0891. The van der Waals surface area contributed by atoms with Gasteiger partial charge in [0.05, 0.1) is 16.5 Å². The number of carbonyl (C=O) groups excluding carboxylic acids is 2. The predicted molar refractivity (Wildman–Crippen MR) is 72.9 cm³/mol. The van der Waals surface area contributed by atoms with E-state index in [1.54, 1.807) is 25.4 Å². The third-order valence-corrected chi connectivity index (χ3v) is 3.30. The number of Topliss-reactive ketones (excluding diaryl/α,β-unsaturated/α-hetero) is 2. The molecule has 4 nitrogen and oxygen atoms in total. The van der Waals surface area contributed by atoms with E-state index in [0.717, 1.165) is 0 Å². The summed E-state index contributed by atoms with van der Waals surface area (Å²) in [6.07, 6.45) is 1.41. The van der Waals surface area contributed by atoms with Crippen molar-refractivity contribution >= 4 is 34.8 Å². The van der Waals surface area contributed by atoms with Gasteiger partial charge in [0.2, 0.25) is 0 Å². The molecule has 1 aromatic carbocycles. The molecular formula is C13H10Cl2N2O2. The minimum absolute atomic E-state index is 0.241. The van der Waals surface area contributed by atoms with Gasteiger partial charge in [0, 0.05) is 18.8 Å². The number of carbonyl (C=O) groups is 2. The van der Waals surface area contributed by atoms with Crippen LogP contribution in [0.5, 0.6) is 0 Å². The Morgan fingerprint density at radius 3 is 2.47 bits per heavy atom. The minimum Gasteiger partial charge on any atom is -0.294 e. The molecule has 6 heteroatoms. The molecule has 0 fully saturated rings. The second-order valence-electron chi connectivity index (χ2n) is 4.03. The number of nitrogens with zero attached hydrogens (tertiary/aromatic N) is 2. The summed E-state index contributed by atoms with van der Waals surface area (Å²) >= 11 is 11.6. The number of rotatable bonds is 4. The summed E-state index contributed by atoms with van der Waals surface area (Å²) in [6, 6.07) is 6.10. The van der Waals surface area contributed by atoms with Gasteiger partial charge in [-0.1, -0.05) is 23.2 Å². The van der Waals surface area contributed by atoms with E-state index in [1.807, 2.05) is 0 Å². The number of benzene rings is 1. The lowest BCUT2D eigenvalue weighted by Gasteiger charge is -2.01. The number of halogens is 2. The van der Waals surface area contributed by atoms with Gasteiger partial charge in [-0.3, -0.25) is 14.3 Å². The summed E-state index contributed by atoms with van der Waals surface area (Å²) < 4.78 is 1.51. The van der Waals surface area contributed by atoms with E-state index in [2.05, 4.69) is 5.10 Å². The van der Waals surface area contributed by atoms with Gasteiger partial charge in [0.1, 0.15) is 5.69 Å². The molecule has 0 unspecified atom stereocenters. The quantitative estimate of drug-likeness (QED) is 0.643. The molecule has 1 heterocycles. The molecule has 0 N–H and O–H groups in total. The van der Waals surface area contributed by atoms with Crippen LogP contribution >= 0.6 is 23.2 Å². The third-order valence-electron chi connectivity index (χ3n) is 2.56. The van der Waals surface area contributed by atoms with Crippen molar-refractivity contribution in [1.82, 2.24) is 9.78 Å². The first-order valence-corrected chi connectivity index (χ1v) is 6.24. The Bertz CT molecular complexity index is 650. The van der Waals surface area contributed by atoms with Crippen LogP contribution in [0, 0.1) is 0 Å². The van der Waals surface area contributed by atoms with Crippen LogP contribution in [0.25, 0.3) is 0 Å². The van der Waals surface area contributed by atoms with Crippen LogP contribution in [0.15, 0.2) is 30.5 Å². The molecule has 2 rings (SSSR count). The van der Waals surface area contributed by atoms with E-state index in [1.165, 1.54) is 16.8 Å². The van der Waals surface area contributed by atoms with E-state index in [0.29, 0.717) is 10.6 Å². The fraction of sp³-hybridized carbons (Fsp3) is 0.154. The van der Waals surface area contributed by atoms with Crippen LogP contribution in [0.2, 0.25) is 10.0 Å². The highest BCUT2D eigenvalue weighted by Crippen LogP contribution is 2.23. The van der Waals surface area contributed by atoms with Gasteiger partial charge in [0.15, 0.2) is 11.6 Å². The molecule has 0 spiro atoms. The predicted octanol–water partition coefficient (Wildman–Crippen LogP) is 3.18. The normalized spacial score (nSPS) is 10.5. The Morgan fingerprint density at radius 2 is 1.89 bits per heavy atom. The highest BCUT2D eigenvalue weighted by atomic mass is 35.5. The van der Waals surface area contributed by atoms with Gasteiger partial charge >= 0.3 is 0 Å². The summed E-state index contributed by atoms with van der Waals surface area (Å²) in [5, 5.41) is 4.62. The van der Waals surface area contributed by atoms with E-state index in [-0.39, 0.29) is 28.7 Å². The van der Waals surface area contributed by atoms with E-state index in [4.69, 9.17) is 23.2 Å². The Labute approximate surface area is 119 Å². The van der Waals surface area contributed by atoms with Crippen LogP contribution in [0.4, 0.5) is 0 Å². The number of hydrogen-bond acceptors (Lipinski definition) is 3. The molecule has 0 radical (unpaired) electrons. The average molecular weight is 297 g/mol. The van der Waals surface area contributed by atoms with Crippen molar-refractivity contribution in [1.29, 1.82) is 0 Å². The number of ketones is 2. The van der Waals surface area contributed by atoms with E-state index in [9.17, 15) is 9.59 Å². The van der Waals surface area contributed by atoms with Crippen molar-refractivity contribution in [2.24, 2.45) is 7.05 Å². The number of aromatic nitrogens is 2. The lowest BCUT2D eigenvalue weighted by atomic mass is 10.0. The molecule has 19 heavy (non-hydrogen) atoms. The summed E-state index contributed by atoms with van der Waals surface area (Å²) in [5.41, 5.74) is 0.634. The Hall–Kier alpha value is -1.65. The first kappa shape index (κ1) is 13.8. The Kier molecular flexibility index (Phi) is 4.02. The monoisotopic (exact) mass is 296 g/mol. The maximum absolute atomic E-state index is 11.9. The number of aryl methyl sites for hydroxylation is 1. The smallest absolute Gasteiger partial charge is 0.190 e. The molecule has 0 atom stereocenters. The molecule has 1 aromatic heterocycles. The molecule has 0 saturated carbocycles. The second-order valence-corrected chi connectivity index (χ2v) is 4.84. The first-order chi connectivity index (χ1) is 8.97. The minimum atomic E-state index is -0.323. The highest BCUT2D eigenvalue weighted by Gasteiger charge is 2.16. The fourth-order valence-electron chi connectivity index (χ4n) is 1.57. The summed E-state index contributed by atoms with van der Waals surface area (Å²) in [7, 11) is 1.71. The molecule has 0 amide bonds. The standard InChI is InChI=1S/C13H10Cl2N2O2/c1-17-5-4-11(16-17)13(19)7-12(18)8-2-3-9(14)10(15)6-8/h2-6H,7H2,1H3. The van der Waals surface area contributed by atoms with Crippen molar-refractivity contribution in [2.45, 2.75) is 6.42 Å².